The topological polar surface area (TPSA) is 102 Å². The third-order valence-corrected chi connectivity index (χ3v) is 7.27. The Labute approximate surface area is 167 Å². The van der Waals surface area contributed by atoms with E-state index in [0.717, 1.165) is 25.7 Å². The molecule has 0 aromatic carbocycles. The van der Waals surface area contributed by atoms with Gasteiger partial charge in [-0.1, -0.05) is 24.6 Å². The average molecular weight is 421 g/mol. The summed E-state index contributed by atoms with van der Waals surface area (Å²) >= 11 is 1.40. The highest BCUT2D eigenvalue weighted by Gasteiger charge is 2.25. The molecule has 28 heavy (non-hydrogen) atoms. The van der Waals surface area contributed by atoms with Crippen molar-refractivity contribution in [3.8, 4) is 11.7 Å². The maximum atomic E-state index is 12.8. The van der Waals surface area contributed by atoms with Crippen molar-refractivity contribution >= 4 is 21.8 Å². The van der Waals surface area contributed by atoms with Gasteiger partial charge in [0.25, 0.3) is 5.89 Å². The molecule has 0 amide bonds. The number of aromatic nitrogens is 3. The smallest absolute Gasteiger partial charge is 0.283 e. The molecule has 0 atom stereocenters. The van der Waals surface area contributed by atoms with E-state index in [1.165, 1.54) is 18.0 Å². The van der Waals surface area contributed by atoms with Gasteiger partial charge in [0.2, 0.25) is 15.9 Å². The van der Waals surface area contributed by atoms with E-state index in [4.69, 9.17) is 8.83 Å². The maximum Gasteiger partial charge on any atom is 0.283 e. The summed E-state index contributed by atoms with van der Waals surface area (Å²) in [5.74, 6) is 1.72. The Morgan fingerprint density at radius 1 is 1.07 bits per heavy atom. The zero-order valence-corrected chi connectivity index (χ0v) is 16.8. The number of hydrogen-bond acceptors (Lipinski definition) is 8. The second kappa shape index (κ2) is 8.46. The molecule has 0 bridgehead atoms. The second-order valence-electron chi connectivity index (χ2n) is 6.42. The predicted octanol–water partition coefficient (Wildman–Crippen LogP) is 3.58. The molecule has 0 radical (unpaired) electrons. The van der Waals surface area contributed by atoms with Gasteiger partial charge in [-0.05, 0) is 37.1 Å². The number of hydrogen-bond donors (Lipinski definition) is 0. The van der Waals surface area contributed by atoms with E-state index in [1.807, 2.05) is 0 Å². The molecule has 4 heterocycles. The molecule has 0 unspecified atom stereocenters. The minimum Gasteiger partial charge on any atom is -0.459 e. The molecule has 1 fully saturated rings. The lowest BCUT2D eigenvalue weighted by Crippen LogP contribution is -2.32. The Morgan fingerprint density at radius 3 is 2.57 bits per heavy atom. The fraction of sp³-hybridized carbons (Fsp3) is 0.389. The summed E-state index contributed by atoms with van der Waals surface area (Å²) in [5, 5.41) is 8.62. The number of rotatable bonds is 6. The zero-order valence-electron chi connectivity index (χ0n) is 15.2. The van der Waals surface area contributed by atoms with Crippen LogP contribution >= 0.6 is 11.8 Å². The summed E-state index contributed by atoms with van der Waals surface area (Å²) in [6.07, 6.45) is 6.94. The molecule has 148 valence electrons. The van der Waals surface area contributed by atoms with Gasteiger partial charge >= 0.3 is 0 Å². The fourth-order valence-corrected chi connectivity index (χ4v) is 5.13. The first-order valence-electron chi connectivity index (χ1n) is 9.08. The molecule has 3 aromatic heterocycles. The van der Waals surface area contributed by atoms with Crippen LogP contribution in [0.3, 0.4) is 0 Å². The maximum absolute atomic E-state index is 12.8. The van der Waals surface area contributed by atoms with Gasteiger partial charge in [0, 0.05) is 19.3 Å². The summed E-state index contributed by atoms with van der Waals surface area (Å²) in [5.41, 5.74) is 0. The minimum atomic E-state index is -3.48. The van der Waals surface area contributed by atoms with E-state index in [-0.39, 0.29) is 4.90 Å². The van der Waals surface area contributed by atoms with Crippen LogP contribution in [-0.2, 0) is 15.8 Å². The lowest BCUT2D eigenvalue weighted by atomic mass is 10.2. The highest BCUT2D eigenvalue weighted by molar-refractivity contribution is 7.98. The van der Waals surface area contributed by atoms with Gasteiger partial charge < -0.3 is 8.83 Å². The molecule has 1 aliphatic heterocycles. The molecule has 10 heteroatoms. The third kappa shape index (κ3) is 4.29. The number of furan rings is 1. The largest absolute Gasteiger partial charge is 0.459 e. The Balaban J connectivity index is 1.39. The van der Waals surface area contributed by atoms with Crippen LogP contribution in [0.15, 0.2) is 55.5 Å². The van der Waals surface area contributed by atoms with Gasteiger partial charge in [-0.15, -0.1) is 10.2 Å². The van der Waals surface area contributed by atoms with Crippen molar-refractivity contribution < 1.29 is 17.3 Å². The minimum absolute atomic E-state index is 0.233. The van der Waals surface area contributed by atoms with Gasteiger partial charge in [0.05, 0.1) is 17.0 Å². The van der Waals surface area contributed by atoms with Crippen LogP contribution in [0.2, 0.25) is 0 Å². The Morgan fingerprint density at radius 2 is 1.89 bits per heavy atom. The SMILES string of the molecule is O=S(=O)(c1ccc(SCc2nnc(-c3ccco3)o2)nc1)N1CCCCCC1. The zero-order chi connectivity index (χ0) is 19.4. The monoisotopic (exact) mass is 420 g/mol. The first-order chi connectivity index (χ1) is 13.6. The van der Waals surface area contributed by atoms with Gasteiger partial charge in [0.15, 0.2) is 5.76 Å². The molecule has 8 nitrogen and oxygen atoms in total. The van der Waals surface area contributed by atoms with Crippen LogP contribution in [0.1, 0.15) is 31.6 Å². The molecular formula is C18H20N4O4S2. The van der Waals surface area contributed by atoms with Crippen LogP contribution in [0.25, 0.3) is 11.7 Å². The van der Waals surface area contributed by atoms with Crippen molar-refractivity contribution in [2.75, 3.05) is 13.1 Å². The van der Waals surface area contributed by atoms with Crippen molar-refractivity contribution in [3.05, 3.63) is 42.6 Å². The molecule has 4 rings (SSSR count). The lowest BCUT2D eigenvalue weighted by molar-refractivity contribution is 0.423. The van der Waals surface area contributed by atoms with Crippen LogP contribution in [-0.4, -0.2) is 41.0 Å². The molecule has 0 aliphatic carbocycles. The Hall–Kier alpha value is -2.17. The molecular weight excluding hydrogens is 400 g/mol. The van der Waals surface area contributed by atoms with Gasteiger partial charge in [0.1, 0.15) is 4.90 Å². The standard InChI is InChI=1S/C18H20N4O4S2/c23-28(24,22-9-3-1-2-4-10-22)14-7-8-17(19-12-14)27-13-16-20-21-18(26-16)15-6-5-11-25-15/h5-8,11-12H,1-4,9-10,13H2. The highest BCUT2D eigenvalue weighted by Crippen LogP contribution is 2.25. The van der Waals surface area contributed by atoms with Crippen LogP contribution in [0, 0.1) is 0 Å². The van der Waals surface area contributed by atoms with E-state index in [0.29, 0.717) is 41.4 Å². The number of thioether (sulfide) groups is 1. The summed E-state index contributed by atoms with van der Waals surface area (Å²) in [4.78, 5) is 4.52. The van der Waals surface area contributed by atoms with Crippen LogP contribution in [0.4, 0.5) is 0 Å². The Bertz CT molecular complexity index is 993. The van der Waals surface area contributed by atoms with Crippen molar-refractivity contribution in [2.45, 2.75) is 41.4 Å². The quantitative estimate of drug-likeness (QED) is 0.558. The first-order valence-corrected chi connectivity index (χ1v) is 11.5. The predicted molar refractivity (Wildman–Crippen MR) is 103 cm³/mol. The normalized spacial score (nSPS) is 16.1. The van der Waals surface area contributed by atoms with Gasteiger partial charge in [-0.25, -0.2) is 13.4 Å². The van der Waals surface area contributed by atoms with Crippen molar-refractivity contribution in [1.29, 1.82) is 0 Å². The van der Waals surface area contributed by atoms with E-state index >= 15 is 0 Å². The molecule has 3 aromatic rings. The van der Waals surface area contributed by atoms with Crippen LogP contribution in [0.5, 0.6) is 0 Å². The van der Waals surface area contributed by atoms with E-state index < -0.39 is 10.0 Å². The van der Waals surface area contributed by atoms with Crippen molar-refractivity contribution in [2.24, 2.45) is 0 Å². The number of sulfonamides is 1. The van der Waals surface area contributed by atoms with E-state index in [1.54, 1.807) is 34.8 Å². The highest BCUT2D eigenvalue weighted by atomic mass is 32.2. The van der Waals surface area contributed by atoms with Gasteiger partial charge in [-0.3, -0.25) is 0 Å². The molecule has 0 saturated carbocycles. The number of pyridine rings is 1. The molecule has 1 saturated heterocycles. The summed E-state index contributed by atoms with van der Waals surface area (Å²) < 4.78 is 37.9. The van der Waals surface area contributed by atoms with Gasteiger partial charge in [-0.2, -0.15) is 4.31 Å². The lowest BCUT2D eigenvalue weighted by Gasteiger charge is -2.19. The summed E-state index contributed by atoms with van der Waals surface area (Å²) in [6, 6.07) is 6.81. The Kier molecular flexibility index (Phi) is 5.79. The molecule has 0 N–H and O–H groups in total. The van der Waals surface area contributed by atoms with Crippen LogP contribution < -0.4 is 0 Å². The average Bonchev–Trinajstić information content (AvgIpc) is 3.32. The summed E-state index contributed by atoms with van der Waals surface area (Å²) in [6.45, 7) is 1.15. The second-order valence-corrected chi connectivity index (χ2v) is 9.35. The third-order valence-electron chi connectivity index (χ3n) is 4.45. The molecule has 1 aliphatic rings. The van der Waals surface area contributed by atoms with E-state index in [2.05, 4.69) is 15.2 Å². The number of nitrogens with zero attached hydrogens (tertiary/aromatic N) is 4. The van der Waals surface area contributed by atoms with Crippen molar-refractivity contribution in [3.63, 3.8) is 0 Å². The first kappa shape index (κ1) is 19.2. The summed E-state index contributed by atoms with van der Waals surface area (Å²) in [7, 11) is -3.48. The van der Waals surface area contributed by atoms with Crippen molar-refractivity contribution in [1.82, 2.24) is 19.5 Å². The van der Waals surface area contributed by atoms with E-state index in [9.17, 15) is 8.42 Å². The molecule has 0 spiro atoms. The fourth-order valence-electron chi connectivity index (χ4n) is 2.98.